The third-order valence-corrected chi connectivity index (χ3v) is 3.90. The van der Waals surface area contributed by atoms with Gasteiger partial charge in [-0.3, -0.25) is 10.1 Å². The number of benzene rings is 1. The third-order valence-electron chi connectivity index (χ3n) is 2.44. The highest BCUT2D eigenvalue weighted by Crippen LogP contribution is 2.21. The van der Waals surface area contributed by atoms with Crippen molar-refractivity contribution in [3.63, 3.8) is 0 Å². The van der Waals surface area contributed by atoms with Crippen LogP contribution in [0.2, 0.25) is 0 Å². The lowest BCUT2D eigenvalue weighted by molar-refractivity contribution is -0.387. The van der Waals surface area contributed by atoms with Crippen molar-refractivity contribution in [2.24, 2.45) is 5.92 Å². The van der Waals surface area contributed by atoms with Crippen molar-refractivity contribution in [2.75, 3.05) is 7.05 Å². The van der Waals surface area contributed by atoms with E-state index in [1.54, 1.807) is 0 Å². The number of rotatable bonds is 4. The SMILES string of the molecule is CC.CCC.CCC(C)C.CNS(=O)(=O)c1ccccc1[N+](=O)[O-]. The minimum Gasteiger partial charge on any atom is -0.258 e. The van der Waals surface area contributed by atoms with Crippen molar-refractivity contribution < 1.29 is 13.3 Å². The molecule has 7 heteroatoms. The molecule has 0 aromatic heterocycles. The smallest absolute Gasteiger partial charge is 0.258 e. The van der Waals surface area contributed by atoms with Crippen LogP contribution in [-0.2, 0) is 10.0 Å². The maximum Gasteiger partial charge on any atom is 0.289 e. The summed E-state index contributed by atoms with van der Waals surface area (Å²) in [5, 5.41) is 10.5. The van der Waals surface area contributed by atoms with E-state index in [9.17, 15) is 18.5 Å². The number of para-hydroxylation sites is 1. The Morgan fingerprint density at radius 3 is 1.79 bits per heavy atom. The first kappa shape index (κ1) is 27.4. The van der Waals surface area contributed by atoms with Gasteiger partial charge in [0.2, 0.25) is 10.0 Å². The Balaban J connectivity index is -0.000000368. The molecule has 0 spiro atoms. The fourth-order valence-corrected chi connectivity index (χ4v) is 1.84. The first-order chi connectivity index (χ1) is 11.2. The Kier molecular flexibility index (Phi) is 18.7. The van der Waals surface area contributed by atoms with E-state index in [-0.39, 0.29) is 4.90 Å². The van der Waals surface area contributed by atoms with E-state index in [0.29, 0.717) is 0 Å². The standard InChI is InChI=1S/C7H8N2O4S.C5H12.C3H8.C2H6/c1-8-14(12,13)7-5-3-2-4-6(7)9(10)11;1-4-5(2)3;1-3-2;1-2/h2-5,8H,1H3;5H,4H2,1-3H3;3H2,1-2H3;1-2H3. The van der Waals surface area contributed by atoms with Gasteiger partial charge in [0.1, 0.15) is 0 Å². The fraction of sp³-hybridized carbons (Fsp3) is 0.647. The molecule has 0 radical (unpaired) electrons. The largest absolute Gasteiger partial charge is 0.289 e. The summed E-state index contributed by atoms with van der Waals surface area (Å²) in [6, 6.07) is 5.16. The van der Waals surface area contributed by atoms with E-state index >= 15 is 0 Å². The first-order valence-corrected chi connectivity index (χ1v) is 9.83. The molecule has 0 unspecified atom stereocenters. The van der Waals surface area contributed by atoms with Gasteiger partial charge in [-0.15, -0.1) is 0 Å². The van der Waals surface area contributed by atoms with Crippen LogP contribution < -0.4 is 4.72 Å². The van der Waals surface area contributed by atoms with Gasteiger partial charge in [-0.1, -0.05) is 73.4 Å². The van der Waals surface area contributed by atoms with Gasteiger partial charge in [0, 0.05) is 6.07 Å². The molecule has 0 saturated carbocycles. The number of nitro groups is 1. The topological polar surface area (TPSA) is 89.3 Å². The van der Waals surface area contributed by atoms with Crippen molar-refractivity contribution in [2.45, 2.75) is 66.2 Å². The van der Waals surface area contributed by atoms with E-state index in [1.807, 2.05) is 18.6 Å². The lowest BCUT2D eigenvalue weighted by Crippen LogP contribution is -2.19. The number of sulfonamides is 1. The molecule has 24 heavy (non-hydrogen) atoms. The van der Waals surface area contributed by atoms with Gasteiger partial charge < -0.3 is 0 Å². The molecule has 142 valence electrons. The summed E-state index contributed by atoms with van der Waals surface area (Å²) in [6.45, 7) is 14.9. The predicted molar refractivity (Wildman–Crippen MR) is 102 cm³/mol. The molecule has 0 heterocycles. The van der Waals surface area contributed by atoms with E-state index in [4.69, 9.17) is 0 Å². The van der Waals surface area contributed by atoms with Crippen LogP contribution in [0, 0.1) is 16.0 Å². The highest BCUT2D eigenvalue weighted by molar-refractivity contribution is 7.89. The van der Waals surface area contributed by atoms with E-state index in [1.165, 1.54) is 38.1 Å². The number of hydrogen-bond acceptors (Lipinski definition) is 4. The lowest BCUT2D eigenvalue weighted by atomic mass is 10.2. The van der Waals surface area contributed by atoms with Crippen LogP contribution in [0.25, 0.3) is 0 Å². The summed E-state index contributed by atoms with van der Waals surface area (Å²) >= 11 is 0. The summed E-state index contributed by atoms with van der Waals surface area (Å²) in [7, 11) is -2.57. The zero-order valence-electron chi connectivity index (χ0n) is 16.3. The maximum atomic E-state index is 11.3. The summed E-state index contributed by atoms with van der Waals surface area (Å²) in [6.07, 6.45) is 2.56. The number of hydrogen-bond donors (Lipinski definition) is 1. The molecule has 0 aliphatic rings. The minimum atomic E-state index is -3.77. The number of nitro benzene ring substituents is 1. The van der Waals surface area contributed by atoms with Gasteiger partial charge >= 0.3 is 0 Å². The molecule has 0 amide bonds. The van der Waals surface area contributed by atoms with E-state index < -0.39 is 20.6 Å². The Morgan fingerprint density at radius 2 is 1.50 bits per heavy atom. The Hall–Kier alpha value is -1.47. The zero-order valence-corrected chi connectivity index (χ0v) is 17.1. The van der Waals surface area contributed by atoms with Gasteiger partial charge in [-0.25, -0.2) is 13.1 Å². The highest BCUT2D eigenvalue weighted by Gasteiger charge is 2.23. The summed E-state index contributed by atoms with van der Waals surface area (Å²) in [4.78, 5) is 9.44. The molecular weight excluding hydrogens is 328 g/mol. The van der Waals surface area contributed by atoms with Crippen molar-refractivity contribution in [3.05, 3.63) is 34.4 Å². The second-order valence-electron chi connectivity index (χ2n) is 4.94. The Bertz CT molecular complexity index is 529. The zero-order chi connectivity index (χ0) is 19.8. The van der Waals surface area contributed by atoms with E-state index in [0.717, 1.165) is 12.0 Å². The molecule has 0 bridgehead atoms. The molecule has 1 N–H and O–H groups in total. The Labute approximate surface area is 147 Å². The lowest BCUT2D eigenvalue weighted by Gasteiger charge is -2.02. The average molecular weight is 363 g/mol. The van der Waals surface area contributed by atoms with E-state index in [2.05, 4.69) is 34.6 Å². The number of nitrogens with zero attached hydrogens (tertiary/aromatic N) is 1. The monoisotopic (exact) mass is 362 g/mol. The van der Waals surface area contributed by atoms with Crippen molar-refractivity contribution in [1.82, 2.24) is 4.72 Å². The third kappa shape index (κ3) is 13.0. The maximum absolute atomic E-state index is 11.3. The van der Waals surface area contributed by atoms with Crippen LogP contribution in [0.1, 0.15) is 61.3 Å². The summed E-state index contributed by atoms with van der Waals surface area (Å²) in [5.74, 6) is 0.884. The minimum absolute atomic E-state index is 0.326. The van der Waals surface area contributed by atoms with Crippen LogP contribution in [0.15, 0.2) is 29.2 Å². The molecular formula is C17H34N2O4S. The van der Waals surface area contributed by atoms with Gasteiger partial charge in [0.05, 0.1) is 4.92 Å². The number of nitrogens with one attached hydrogen (secondary N) is 1. The molecule has 6 nitrogen and oxygen atoms in total. The molecule has 1 aromatic rings. The van der Waals surface area contributed by atoms with Crippen molar-refractivity contribution in [1.29, 1.82) is 0 Å². The van der Waals surface area contributed by atoms with Crippen molar-refractivity contribution >= 4 is 15.7 Å². The molecule has 0 aliphatic heterocycles. The van der Waals surface area contributed by atoms with Gasteiger partial charge in [-0.2, -0.15) is 0 Å². The molecule has 0 fully saturated rings. The Morgan fingerprint density at radius 1 is 1.12 bits per heavy atom. The molecule has 0 saturated heterocycles. The van der Waals surface area contributed by atoms with Crippen molar-refractivity contribution in [3.8, 4) is 0 Å². The normalized spacial score (nSPS) is 9.54. The molecule has 1 rings (SSSR count). The van der Waals surface area contributed by atoms with Crippen LogP contribution >= 0.6 is 0 Å². The molecule has 0 aliphatic carbocycles. The van der Waals surface area contributed by atoms with Crippen LogP contribution in [0.5, 0.6) is 0 Å². The quantitative estimate of drug-likeness (QED) is 0.603. The highest BCUT2D eigenvalue weighted by atomic mass is 32.2. The molecule has 0 atom stereocenters. The van der Waals surface area contributed by atoms with Gasteiger partial charge in [0.25, 0.3) is 5.69 Å². The fourth-order valence-electron chi connectivity index (χ4n) is 0.945. The van der Waals surface area contributed by atoms with Gasteiger partial charge in [0.15, 0.2) is 4.90 Å². The second-order valence-corrected chi connectivity index (χ2v) is 6.80. The van der Waals surface area contributed by atoms with Gasteiger partial charge in [-0.05, 0) is 19.0 Å². The second kappa shape index (κ2) is 16.4. The molecule has 1 aromatic carbocycles. The average Bonchev–Trinajstić information content (AvgIpc) is 2.57. The summed E-state index contributed by atoms with van der Waals surface area (Å²) < 4.78 is 24.6. The first-order valence-electron chi connectivity index (χ1n) is 8.34. The summed E-state index contributed by atoms with van der Waals surface area (Å²) in [5.41, 5.74) is -0.429. The van der Waals surface area contributed by atoms with Crippen LogP contribution in [-0.4, -0.2) is 20.4 Å². The van der Waals surface area contributed by atoms with Crippen LogP contribution in [0.4, 0.5) is 5.69 Å². The van der Waals surface area contributed by atoms with Crippen LogP contribution in [0.3, 0.4) is 0 Å². The predicted octanol–water partition coefficient (Wildman–Crippen LogP) is 5.00.